The van der Waals surface area contributed by atoms with Crippen LogP contribution in [0.2, 0.25) is 10.0 Å². The monoisotopic (exact) mass is 550 g/mol. The van der Waals surface area contributed by atoms with Crippen LogP contribution >= 0.6 is 23.2 Å². The van der Waals surface area contributed by atoms with E-state index in [1.807, 2.05) is 60.7 Å². The summed E-state index contributed by atoms with van der Waals surface area (Å²) in [6, 6.07) is 33.1. The number of cyclic esters (lactones) is 2. The van der Waals surface area contributed by atoms with Crippen LogP contribution in [0.5, 0.6) is 0 Å². The van der Waals surface area contributed by atoms with Crippen LogP contribution < -0.4 is 0 Å². The summed E-state index contributed by atoms with van der Waals surface area (Å²) < 4.78 is 5.36. The van der Waals surface area contributed by atoms with Gasteiger partial charge in [-0.05, 0) is 57.7 Å². The summed E-state index contributed by atoms with van der Waals surface area (Å²) in [5.74, 6) is -3.69. The van der Waals surface area contributed by atoms with E-state index in [2.05, 4.69) is 0 Å². The van der Waals surface area contributed by atoms with E-state index in [0.717, 1.165) is 11.1 Å². The maximum Gasteiger partial charge on any atom is 0.319 e. The topological polar surface area (TPSA) is 60.4 Å². The average molecular weight is 551 g/mol. The number of Topliss-reactive ketones (excluding diaryl/α,β-unsaturated/α-hetero) is 1. The molecular formula is C33H20Cl2O4. The van der Waals surface area contributed by atoms with E-state index in [0.29, 0.717) is 32.3 Å². The number of ether oxygens (including phenoxy) is 1. The molecule has 1 saturated heterocycles. The third-order valence-electron chi connectivity index (χ3n) is 8.45. The maximum atomic E-state index is 15.4. The molecule has 2 fully saturated rings. The fourth-order valence-electron chi connectivity index (χ4n) is 7.17. The summed E-state index contributed by atoms with van der Waals surface area (Å²) >= 11 is 12.6. The van der Waals surface area contributed by atoms with Gasteiger partial charge in [0.1, 0.15) is 0 Å². The van der Waals surface area contributed by atoms with Gasteiger partial charge in [0.2, 0.25) is 0 Å². The fourth-order valence-corrected chi connectivity index (χ4v) is 7.42. The van der Waals surface area contributed by atoms with Gasteiger partial charge in [0.15, 0.2) is 5.78 Å². The predicted molar refractivity (Wildman–Crippen MR) is 149 cm³/mol. The molecule has 4 aromatic carbocycles. The second-order valence-corrected chi connectivity index (χ2v) is 11.0. The van der Waals surface area contributed by atoms with Gasteiger partial charge < -0.3 is 4.74 Å². The van der Waals surface area contributed by atoms with Crippen LogP contribution in [0.4, 0.5) is 0 Å². The van der Waals surface area contributed by atoms with Crippen molar-refractivity contribution >= 4 is 52.1 Å². The van der Waals surface area contributed by atoms with Gasteiger partial charge in [0.05, 0.1) is 22.7 Å². The summed E-state index contributed by atoms with van der Waals surface area (Å²) in [7, 11) is 0. The maximum absolute atomic E-state index is 15.4. The van der Waals surface area contributed by atoms with E-state index in [1.165, 1.54) is 0 Å². The van der Waals surface area contributed by atoms with Gasteiger partial charge in [-0.1, -0.05) is 108 Å². The van der Waals surface area contributed by atoms with Crippen molar-refractivity contribution in [2.24, 2.45) is 11.8 Å². The molecule has 0 aromatic heterocycles. The second-order valence-electron chi connectivity index (χ2n) is 10.1. The van der Waals surface area contributed by atoms with Gasteiger partial charge in [0, 0.05) is 10.0 Å². The van der Waals surface area contributed by atoms with Crippen molar-refractivity contribution in [3.05, 3.63) is 141 Å². The van der Waals surface area contributed by atoms with E-state index < -0.39 is 34.6 Å². The first kappa shape index (κ1) is 24.1. The Morgan fingerprint density at radius 2 is 0.872 bits per heavy atom. The number of rotatable bonds is 4. The zero-order chi connectivity index (χ0) is 26.9. The highest BCUT2D eigenvalue weighted by atomic mass is 35.5. The Morgan fingerprint density at radius 3 is 1.23 bits per heavy atom. The molecular weight excluding hydrogens is 531 g/mol. The minimum Gasteiger partial charge on any atom is -0.393 e. The Balaban J connectivity index is 1.72. The second kappa shape index (κ2) is 8.51. The number of benzene rings is 4. The lowest BCUT2D eigenvalue weighted by molar-refractivity contribution is -0.156. The molecule has 7 rings (SSSR count). The summed E-state index contributed by atoms with van der Waals surface area (Å²) in [6.45, 7) is 0. The predicted octanol–water partition coefficient (Wildman–Crippen LogP) is 6.69. The van der Waals surface area contributed by atoms with Crippen molar-refractivity contribution < 1.29 is 19.1 Å². The molecule has 2 aliphatic carbocycles. The third kappa shape index (κ3) is 2.99. The van der Waals surface area contributed by atoms with Gasteiger partial charge in [-0.15, -0.1) is 0 Å². The number of halogens is 2. The molecule has 6 heteroatoms. The molecule has 0 amide bonds. The highest BCUT2D eigenvalue weighted by Crippen LogP contribution is 2.74. The molecule has 0 radical (unpaired) electrons. The lowest BCUT2D eigenvalue weighted by Gasteiger charge is -2.38. The van der Waals surface area contributed by atoms with Crippen molar-refractivity contribution in [3.8, 4) is 0 Å². The van der Waals surface area contributed by atoms with Crippen molar-refractivity contribution in [2.75, 3.05) is 0 Å². The minimum absolute atomic E-state index is 0.225. The zero-order valence-corrected chi connectivity index (χ0v) is 21.9. The largest absolute Gasteiger partial charge is 0.393 e. The van der Waals surface area contributed by atoms with Gasteiger partial charge in [-0.2, -0.15) is 0 Å². The molecule has 4 atom stereocenters. The van der Waals surface area contributed by atoms with Crippen LogP contribution in [0, 0.1) is 11.8 Å². The van der Waals surface area contributed by atoms with Gasteiger partial charge in [-0.25, -0.2) is 0 Å². The fraction of sp³-hybridized carbons (Fsp3) is 0.121. The minimum atomic E-state index is -1.48. The Labute approximate surface area is 234 Å². The number of esters is 2. The molecule has 39 heavy (non-hydrogen) atoms. The molecule has 1 saturated carbocycles. The molecule has 190 valence electrons. The third-order valence-corrected chi connectivity index (χ3v) is 8.96. The van der Waals surface area contributed by atoms with Crippen LogP contribution in [-0.2, 0) is 30.0 Å². The highest BCUT2D eigenvalue weighted by Gasteiger charge is 2.82. The number of carbonyl (C=O) groups is 3. The van der Waals surface area contributed by atoms with Crippen molar-refractivity contribution in [3.63, 3.8) is 0 Å². The molecule has 0 unspecified atom stereocenters. The Hall–Kier alpha value is -3.99. The molecule has 1 heterocycles. The first-order valence-corrected chi connectivity index (χ1v) is 13.4. The van der Waals surface area contributed by atoms with Crippen LogP contribution in [0.3, 0.4) is 0 Å². The number of carbonyl (C=O) groups excluding carboxylic acids is 3. The first-order valence-electron chi connectivity index (χ1n) is 12.6. The molecule has 0 spiro atoms. The van der Waals surface area contributed by atoms with E-state index in [1.54, 1.807) is 48.5 Å². The van der Waals surface area contributed by atoms with Crippen LogP contribution in [0.25, 0.3) is 11.1 Å². The van der Waals surface area contributed by atoms with E-state index in [-0.39, 0.29) is 5.78 Å². The summed E-state index contributed by atoms with van der Waals surface area (Å²) in [4.78, 5) is 42.6. The SMILES string of the molecule is O=C1OC(=O)[C@@H]2[C@@H]1[C@@]1(c3ccc(Cl)cc3)C(=O)[C@@]2(c2ccc(Cl)cc2)C(c2ccccc2)=C1c1ccccc1. The van der Waals surface area contributed by atoms with Crippen LogP contribution in [0.1, 0.15) is 22.3 Å². The Morgan fingerprint density at radius 1 is 0.513 bits per heavy atom. The molecule has 4 nitrogen and oxygen atoms in total. The van der Waals surface area contributed by atoms with Crippen molar-refractivity contribution in [1.82, 2.24) is 0 Å². The summed E-state index contributed by atoms with van der Waals surface area (Å²) in [6.07, 6.45) is 0. The van der Waals surface area contributed by atoms with Gasteiger partial charge >= 0.3 is 11.9 Å². The lowest BCUT2D eigenvalue weighted by atomic mass is 9.59. The molecule has 2 bridgehead atoms. The quantitative estimate of drug-likeness (QED) is 0.210. The normalized spacial score (nSPS) is 27.2. The number of ketones is 1. The van der Waals surface area contributed by atoms with Crippen LogP contribution in [0.15, 0.2) is 109 Å². The summed E-state index contributed by atoms with van der Waals surface area (Å²) in [5.41, 5.74) is 1.21. The van der Waals surface area contributed by atoms with E-state index >= 15 is 4.79 Å². The zero-order valence-electron chi connectivity index (χ0n) is 20.4. The van der Waals surface area contributed by atoms with Gasteiger partial charge in [0.25, 0.3) is 0 Å². The van der Waals surface area contributed by atoms with Crippen LogP contribution in [-0.4, -0.2) is 17.7 Å². The standard InChI is InChI=1S/C33H20Cl2O4/c34-23-15-11-21(12-16-23)32-25(19-7-3-1-4-8-19)26(20-9-5-2-6-10-20)33(31(32)38,22-13-17-24(35)18-14-22)28-27(32)29(36)39-30(28)37/h1-18,27-28H/t27-,28-,32-,33-/m0/s1. The van der Waals surface area contributed by atoms with E-state index in [4.69, 9.17) is 27.9 Å². The Bertz CT molecular complexity index is 1570. The summed E-state index contributed by atoms with van der Waals surface area (Å²) in [5, 5.41) is 0.996. The van der Waals surface area contributed by atoms with Crippen molar-refractivity contribution in [2.45, 2.75) is 10.8 Å². The molecule has 3 aliphatic rings. The molecule has 0 N–H and O–H groups in total. The van der Waals surface area contributed by atoms with Gasteiger partial charge in [-0.3, -0.25) is 14.4 Å². The smallest absolute Gasteiger partial charge is 0.319 e. The number of fused-ring (bicyclic) bond motifs is 5. The molecule has 4 aromatic rings. The first-order chi connectivity index (χ1) is 18.9. The Kier molecular flexibility index (Phi) is 5.25. The molecule has 1 aliphatic heterocycles. The van der Waals surface area contributed by atoms with Crippen molar-refractivity contribution in [1.29, 1.82) is 0 Å². The van der Waals surface area contributed by atoms with E-state index in [9.17, 15) is 9.59 Å². The number of hydrogen-bond acceptors (Lipinski definition) is 4. The lowest BCUT2D eigenvalue weighted by Crippen LogP contribution is -2.41. The average Bonchev–Trinajstić information content (AvgIpc) is 3.49. The highest BCUT2D eigenvalue weighted by molar-refractivity contribution is 6.35. The number of hydrogen-bond donors (Lipinski definition) is 0. The number of allylic oxidation sites excluding steroid dienone is 2.